The monoisotopic (exact) mass is 277 g/mol. The summed E-state index contributed by atoms with van der Waals surface area (Å²) in [6.45, 7) is 0. The van der Waals surface area contributed by atoms with Crippen molar-refractivity contribution < 1.29 is 24.3 Å². The molecule has 0 atom stereocenters. The number of benzene rings is 2. The van der Waals surface area contributed by atoms with Crippen LogP contribution in [0.15, 0.2) is 36.4 Å². The minimum Gasteiger partial charge on any atom is -0.505 e. The normalized spacial score (nSPS) is 10.2. The molecule has 0 saturated carbocycles. The molecule has 0 saturated heterocycles. The Bertz CT molecular complexity index is 714. The molecule has 0 amide bonds. The molecule has 0 heterocycles. The molecule has 0 aliphatic carbocycles. The first-order chi connectivity index (χ1) is 9.40. The lowest BCUT2D eigenvalue weighted by Crippen LogP contribution is -2.02. The first kappa shape index (κ1) is 13.5. The highest BCUT2D eigenvalue weighted by molar-refractivity contribution is 5.93. The van der Waals surface area contributed by atoms with E-state index in [-0.39, 0.29) is 5.56 Å². The van der Waals surface area contributed by atoms with Crippen LogP contribution in [0.3, 0.4) is 0 Å². The standard InChI is InChI=1S/C13H8FNO5/c14-10-5-7(2-4-12(10)16)8-1-3-9(13(17)18)11(6-8)15(19)20/h1-6,16H,(H,17,18). The van der Waals surface area contributed by atoms with Gasteiger partial charge < -0.3 is 10.2 Å². The maximum atomic E-state index is 13.3. The second kappa shape index (κ2) is 4.96. The highest BCUT2D eigenvalue weighted by Crippen LogP contribution is 2.29. The number of phenolic OH excluding ortho intramolecular Hbond substituents is 1. The van der Waals surface area contributed by atoms with Crippen molar-refractivity contribution in [3.8, 4) is 16.9 Å². The minimum absolute atomic E-state index is 0.278. The van der Waals surface area contributed by atoms with Gasteiger partial charge in [0.15, 0.2) is 11.6 Å². The Hall–Kier alpha value is -2.96. The van der Waals surface area contributed by atoms with Crippen LogP contribution in [-0.4, -0.2) is 21.1 Å². The topological polar surface area (TPSA) is 101 Å². The number of aromatic carboxylic acids is 1. The lowest BCUT2D eigenvalue weighted by molar-refractivity contribution is -0.385. The summed E-state index contributed by atoms with van der Waals surface area (Å²) in [7, 11) is 0. The molecule has 0 unspecified atom stereocenters. The van der Waals surface area contributed by atoms with Crippen molar-refractivity contribution in [1.82, 2.24) is 0 Å². The summed E-state index contributed by atoms with van der Waals surface area (Å²) in [6.07, 6.45) is 0. The smallest absolute Gasteiger partial charge is 0.342 e. The SMILES string of the molecule is O=C(O)c1ccc(-c2ccc(O)c(F)c2)cc1[N+](=O)[O-]. The van der Waals surface area contributed by atoms with E-state index in [0.717, 1.165) is 24.3 Å². The molecule has 102 valence electrons. The molecular formula is C13H8FNO5. The first-order valence-corrected chi connectivity index (χ1v) is 5.41. The summed E-state index contributed by atoms with van der Waals surface area (Å²) in [5, 5.41) is 28.8. The quantitative estimate of drug-likeness (QED) is 0.663. The Morgan fingerprint density at radius 2 is 1.75 bits per heavy atom. The maximum Gasteiger partial charge on any atom is 0.342 e. The van der Waals surface area contributed by atoms with Crippen LogP contribution in [0.2, 0.25) is 0 Å². The lowest BCUT2D eigenvalue weighted by atomic mass is 10.0. The van der Waals surface area contributed by atoms with E-state index < -0.39 is 33.7 Å². The van der Waals surface area contributed by atoms with Crippen LogP contribution in [-0.2, 0) is 0 Å². The van der Waals surface area contributed by atoms with E-state index in [0.29, 0.717) is 5.56 Å². The second-order valence-electron chi connectivity index (χ2n) is 3.96. The van der Waals surface area contributed by atoms with Gasteiger partial charge in [-0.2, -0.15) is 0 Å². The number of halogens is 1. The van der Waals surface area contributed by atoms with Gasteiger partial charge in [0.05, 0.1) is 4.92 Å². The first-order valence-electron chi connectivity index (χ1n) is 5.41. The second-order valence-corrected chi connectivity index (χ2v) is 3.96. The molecule has 0 spiro atoms. The molecular weight excluding hydrogens is 269 g/mol. The number of carboxylic acid groups (broad SMARTS) is 1. The molecule has 0 aliphatic rings. The number of nitro groups is 1. The number of carbonyl (C=O) groups is 1. The highest BCUT2D eigenvalue weighted by atomic mass is 19.1. The van der Waals surface area contributed by atoms with Gasteiger partial charge >= 0.3 is 5.97 Å². The number of phenols is 1. The number of nitro benzene ring substituents is 1. The Labute approximate surface area is 111 Å². The van der Waals surface area contributed by atoms with E-state index in [4.69, 9.17) is 10.2 Å². The van der Waals surface area contributed by atoms with Crippen molar-refractivity contribution in [2.75, 3.05) is 0 Å². The van der Waals surface area contributed by atoms with Gasteiger partial charge in [-0.15, -0.1) is 0 Å². The van der Waals surface area contributed by atoms with E-state index in [1.807, 2.05) is 0 Å². The number of nitrogens with zero attached hydrogens (tertiary/aromatic N) is 1. The number of carboxylic acids is 1. The zero-order valence-corrected chi connectivity index (χ0v) is 9.91. The minimum atomic E-state index is -1.42. The summed E-state index contributed by atoms with van der Waals surface area (Å²) in [6, 6.07) is 6.96. The van der Waals surface area contributed by atoms with Crippen molar-refractivity contribution in [3.05, 3.63) is 57.9 Å². The van der Waals surface area contributed by atoms with Gasteiger partial charge in [-0.1, -0.05) is 12.1 Å². The van der Waals surface area contributed by atoms with Gasteiger partial charge in [0.2, 0.25) is 0 Å². The van der Waals surface area contributed by atoms with Crippen molar-refractivity contribution in [2.45, 2.75) is 0 Å². The van der Waals surface area contributed by atoms with Crippen LogP contribution in [0.25, 0.3) is 11.1 Å². The third-order valence-corrected chi connectivity index (χ3v) is 2.71. The van der Waals surface area contributed by atoms with E-state index in [2.05, 4.69) is 0 Å². The van der Waals surface area contributed by atoms with Gasteiger partial charge in [0.1, 0.15) is 5.56 Å². The molecule has 2 aromatic carbocycles. The van der Waals surface area contributed by atoms with Gasteiger partial charge in [-0.3, -0.25) is 10.1 Å². The zero-order valence-electron chi connectivity index (χ0n) is 9.91. The lowest BCUT2D eigenvalue weighted by Gasteiger charge is -2.05. The number of rotatable bonds is 3. The van der Waals surface area contributed by atoms with Crippen molar-refractivity contribution in [2.24, 2.45) is 0 Å². The Kier molecular flexibility index (Phi) is 3.34. The van der Waals surface area contributed by atoms with Crippen LogP contribution < -0.4 is 0 Å². The summed E-state index contributed by atoms with van der Waals surface area (Å²) in [5.41, 5.74) is -0.456. The number of aromatic hydroxyl groups is 1. The summed E-state index contributed by atoms with van der Waals surface area (Å²) in [4.78, 5) is 20.9. The molecule has 7 heteroatoms. The fourth-order valence-electron chi connectivity index (χ4n) is 1.73. The molecule has 0 aromatic heterocycles. The fraction of sp³-hybridized carbons (Fsp3) is 0. The van der Waals surface area contributed by atoms with Crippen LogP contribution in [0.4, 0.5) is 10.1 Å². The predicted molar refractivity (Wildman–Crippen MR) is 67.1 cm³/mol. The number of hydrogen-bond donors (Lipinski definition) is 2. The zero-order chi connectivity index (χ0) is 14.9. The molecule has 0 fully saturated rings. The Morgan fingerprint density at radius 1 is 1.15 bits per heavy atom. The molecule has 2 aromatic rings. The van der Waals surface area contributed by atoms with Crippen molar-refractivity contribution in [3.63, 3.8) is 0 Å². The predicted octanol–water partition coefficient (Wildman–Crippen LogP) is 2.80. The third-order valence-electron chi connectivity index (χ3n) is 2.71. The van der Waals surface area contributed by atoms with Crippen LogP contribution >= 0.6 is 0 Å². The van der Waals surface area contributed by atoms with Crippen molar-refractivity contribution in [1.29, 1.82) is 0 Å². The van der Waals surface area contributed by atoms with Crippen molar-refractivity contribution >= 4 is 11.7 Å². The van der Waals surface area contributed by atoms with Gasteiger partial charge in [0, 0.05) is 6.07 Å². The highest BCUT2D eigenvalue weighted by Gasteiger charge is 2.20. The summed E-state index contributed by atoms with van der Waals surface area (Å²) >= 11 is 0. The molecule has 20 heavy (non-hydrogen) atoms. The van der Waals surface area contributed by atoms with E-state index in [1.54, 1.807) is 0 Å². The maximum absolute atomic E-state index is 13.3. The van der Waals surface area contributed by atoms with E-state index >= 15 is 0 Å². The average molecular weight is 277 g/mol. The molecule has 0 aliphatic heterocycles. The number of hydrogen-bond acceptors (Lipinski definition) is 4. The Morgan fingerprint density at radius 3 is 2.30 bits per heavy atom. The third kappa shape index (κ3) is 2.41. The molecule has 2 rings (SSSR count). The van der Waals surface area contributed by atoms with Crippen LogP contribution in [0.5, 0.6) is 5.75 Å². The molecule has 0 radical (unpaired) electrons. The Balaban J connectivity index is 2.58. The summed E-state index contributed by atoms with van der Waals surface area (Å²) < 4.78 is 13.3. The largest absolute Gasteiger partial charge is 0.505 e. The van der Waals surface area contributed by atoms with E-state index in [9.17, 15) is 19.3 Å². The average Bonchev–Trinajstić information content (AvgIpc) is 2.41. The fourth-order valence-corrected chi connectivity index (χ4v) is 1.73. The van der Waals surface area contributed by atoms with Gasteiger partial charge in [-0.25, -0.2) is 9.18 Å². The van der Waals surface area contributed by atoms with E-state index in [1.165, 1.54) is 12.1 Å². The van der Waals surface area contributed by atoms with Crippen LogP contribution in [0, 0.1) is 15.9 Å². The van der Waals surface area contributed by atoms with Crippen LogP contribution in [0.1, 0.15) is 10.4 Å². The molecule has 2 N–H and O–H groups in total. The van der Waals surface area contributed by atoms with Gasteiger partial charge in [0.25, 0.3) is 5.69 Å². The molecule has 6 nitrogen and oxygen atoms in total. The molecule has 0 bridgehead atoms. The van der Waals surface area contributed by atoms with Gasteiger partial charge in [-0.05, 0) is 29.3 Å². The summed E-state index contributed by atoms with van der Waals surface area (Å²) in [5.74, 6) is -2.82.